The second-order valence-corrected chi connectivity index (χ2v) is 3.39. The van der Waals surface area contributed by atoms with Gasteiger partial charge in [0.2, 0.25) is 5.75 Å². The highest BCUT2D eigenvalue weighted by Crippen LogP contribution is 2.30. The van der Waals surface area contributed by atoms with E-state index in [4.69, 9.17) is 4.74 Å². The smallest absolute Gasteiger partial charge is 0.322 e. The number of carbonyl (C=O) groups excluding carboxylic acids is 1. The van der Waals surface area contributed by atoms with Gasteiger partial charge in [0.15, 0.2) is 6.29 Å². The third-order valence-corrected chi connectivity index (χ3v) is 2.10. The Morgan fingerprint density at radius 2 is 2.00 bits per heavy atom. The highest BCUT2D eigenvalue weighted by Gasteiger charge is 2.17. The SMILES string of the molecule is O=Cc1cnc(Oc2ccc(F)cc2[N+](=O)[O-])nc1. The monoisotopic (exact) mass is 263 g/mol. The molecule has 0 aliphatic rings. The first-order valence-corrected chi connectivity index (χ1v) is 4.99. The fourth-order valence-electron chi connectivity index (χ4n) is 1.26. The predicted molar refractivity (Wildman–Crippen MR) is 60.5 cm³/mol. The van der Waals surface area contributed by atoms with Crippen LogP contribution < -0.4 is 4.74 Å². The molecule has 7 nitrogen and oxygen atoms in total. The van der Waals surface area contributed by atoms with Crippen molar-refractivity contribution in [2.75, 3.05) is 0 Å². The highest BCUT2D eigenvalue weighted by atomic mass is 19.1. The van der Waals surface area contributed by atoms with E-state index in [9.17, 15) is 19.3 Å². The van der Waals surface area contributed by atoms with Crippen LogP contribution in [0.4, 0.5) is 10.1 Å². The van der Waals surface area contributed by atoms with Gasteiger partial charge in [0, 0.05) is 12.4 Å². The first-order valence-electron chi connectivity index (χ1n) is 4.99. The minimum absolute atomic E-state index is 0.180. The molecule has 1 heterocycles. The van der Waals surface area contributed by atoms with Crippen LogP contribution in [0.5, 0.6) is 11.8 Å². The van der Waals surface area contributed by atoms with Gasteiger partial charge in [-0.05, 0) is 12.1 Å². The van der Waals surface area contributed by atoms with Gasteiger partial charge in [-0.25, -0.2) is 14.4 Å². The van der Waals surface area contributed by atoms with Crippen LogP contribution in [-0.2, 0) is 0 Å². The molecule has 0 aliphatic carbocycles. The lowest BCUT2D eigenvalue weighted by Gasteiger charge is -2.04. The molecule has 2 rings (SSSR count). The molecule has 1 aromatic heterocycles. The number of benzene rings is 1. The summed E-state index contributed by atoms with van der Waals surface area (Å²) in [6.07, 6.45) is 2.94. The lowest BCUT2D eigenvalue weighted by Crippen LogP contribution is -1.97. The van der Waals surface area contributed by atoms with Gasteiger partial charge in [0.05, 0.1) is 16.6 Å². The van der Waals surface area contributed by atoms with Gasteiger partial charge in [0.1, 0.15) is 5.82 Å². The molecule has 19 heavy (non-hydrogen) atoms. The molecule has 0 amide bonds. The molecule has 0 N–H and O–H groups in total. The number of aldehydes is 1. The van der Waals surface area contributed by atoms with Crippen molar-refractivity contribution < 1.29 is 18.8 Å². The summed E-state index contributed by atoms with van der Waals surface area (Å²) in [5, 5.41) is 10.7. The van der Waals surface area contributed by atoms with Crippen LogP contribution in [0.2, 0.25) is 0 Å². The van der Waals surface area contributed by atoms with E-state index in [-0.39, 0.29) is 17.3 Å². The molecule has 0 spiro atoms. The summed E-state index contributed by atoms with van der Waals surface area (Å²) in [6.45, 7) is 0. The van der Waals surface area contributed by atoms with Crippen molar-refractivity contribution in [2.24, 2.45) is 0 Å². The Hall–Kier alpha value is -2.90. The van der Waals surface area contributed by atoms with Crippen molar-refractivity contribution in [1.82, 2.24) is 9.97 Å². The number of rotatable bonds is 4. The average molecular weight is 263 g/mol. The Morgan fingerprint density at radius 1 is 1.32 bits per heavy atom. The fraction of sp³-hybridized carbons (Fsp3) is 0. The number of aromatic nitrogens is 2. The molecule has 0 aliphatic heterocycles. The van der Waals surface area contributed by atoms with Gasteiger partial charge in [-0.15, -0.1) is 0 Å². The molecule has 0 radical (unpaired) electrons. The quantitative estimate of drug-likeness (QED) is 0.476. The molecule has 2 aromatic rings. The third kappa shape index (κ3) is 2.86. The van der Waals surface area contributed by atoms with Crippen molar-refractivity contribution in [3.63, 3.8) is 0 Å². The predicted octanol–water partition coefficient (Wildman–Crippen LogP) is 2.13. The molecule has 8 heteroatoms. The minimum atomic E-state index is -0.780. The maximum Gasteiger partial charge on any atom is 0.322 e. The summed E-state index contributed by atoms with van der Waals surface area (Å²) in [7, 11) is 0. The van der Waals surface area contributed by atoms with E-state index >= 15 is 0 Å². The molecular weight excluding hydrogens is 257 g/mol. The number of carbonyl (C=O) groups is 1. The topological polar surface area (TPSA) is 95.2 Å². The first kappa shape index (κ1) is 12.6. The van der Waals surface area contributed by atoms with Gasteiger partial charge in [0.25, 0.3) is 0 Å². The summed E-state index contributed by atoms with van der Waals surface area (Å²) < 4.78 is 18.0. The van der Waals surface area contributed by atoms with Crippen molar-refractivity contribution in [2.45, 2.75) is 0 Å². The second-order valence-electron chi connectivity index (χ2n) is 3.39. The summed E-state index contributed by atoms with van der Waals surface area (Å²) >= 11 is 0. The summed E-state index contributed by atoms with van der Waals surface area (Å²) in [6, 6.07) is 2.67. The Kier molecular flexibility index (Phi) is 3.42. The van der Waals surface area contributed by atoms with Gasteiger partial charge < -0.3 is 4.74 Å². The summed E-state index contributed by atoms with van der Waals surface area (Å²) in [5.41, 5.74) is -0.302. The molecule has 0 unspecified atom stereocenters. The van der Waals surface area contributed by atoms with Crippen LogP contribution >= 0.6 is 0 Å². The van der Waals surface area contributed by atoms with E-state index in [1.165, 1.54) is 12.4 Å². The van der Waals surface area contributed by atoms with E-state index in [0.717, 1.165) is 18.2 Å². The van der Waals surface area contributed by atoms with Gasteiger partial charge in [-0.3, -0.25) is 14.9 Å². The zero-order valence-corrected chi connectivity index (χ0v) is 9.32. The average Bonchev–Trinajstić information content (AvgIpc) is 2.41. The lowest BCUT2D eigenvalue weighted by atomic mass is 10.3. The van der Waals surface area contributed by atoms with E-state index in [2.05, 4.69) is 9.97 Å². The molecule has 0 atom stereocenters. The minimum Gasteiger partial charge on any atom is -0.417 e. The Balaban J connectivity index is 2.31. The van der Waals surface area contributed by atoms with Crippen LogP contribution in [0.15, 0.2) is 30.6 Å². The van der Waals surface area contributed by atoms with Crippen LogP contribution in [0.25, 0.3) is 0 Å². The van der Waals surface area contributed by atoms with Gasteiger partial charge in [-0.1, -0.05) is 0 Å². The standard InChI is InChI=1S/C11H6FN3O4/c12-8-1-2-10(9(3-8)15(17)18)19-11-13-4-7(6-16)5-14-11/h1-6H. The molecule has 0 saturated carbocycles. The molecular formula is C11H6FN3O4. The molecule has 1 aromatic carbocycles. The lowest BCUT2D eigenvalue weighted by molar-refractivity contribution is -0.385. The molecule has 0 fully saturated rings. The molecule has 96 valence electrons. The number of halogens is 1. The largest absolute Gasteiger partial charge is 0.417 e. The van der Waals surface area contributed by atoms with Crippen LogP contribution in [0.3, 0.4) is 0 Å². The third-order valence-electron chi connectivity index (χ3n) is 2.10. The zero-order valence-electron chi connectivity index (χ0n) is 9.32. The maximum atomic E-state index is 12.9. The molecule has 0 saturated heterocycles. The number of nitro groups is 1. The number of hydrogen-bond donors (Lipinski definition) is 0. The summed E-state index contributed by atoms with van der Waals surface area (Å²) in [4.78, 5) is 27.7. The summed E-state index contributed by atoms with van der Waals surface area (Å²) in [5.74, 6) is -0.943. The van der Waals surface area contributed by atoms with E-state index in [0.29, 0.717) is 6.29 Å². The van der Waals surface area contributed by atoms with Gasteiger partial charge >= 0.3 is 11.7 Å². The number of nitrogens with zero attached hydrogens (tertiary/aromatic N) is 3. The van der Waals surface area contributed by atoms with E-state index < -0.39 is 16.4 Å². The first-order chi connectivity index (χ1) is 9.10. The normalized spacial score (nSPS) is 9.95. The zero-order chi connectivity index (χ0) is 13.8. The number of nitro benzene ring substituents is 1. The van der Waals surface area contributed by atoms with E-state index in [1.807, 2.05) is 0 Å². The Bertz CT molecular complexity index is 630. The van der Waals surface area contributed by atoms with E-state index in [1.54, 1.807) is 0 Å². The Labute approximate surface area is 105 Å². The van der Waals surface area contributed by atoms with Crippen LogP contribution in [0.1, 0.15) is 10.4 Å². The van der Waals surface area contributed by atoms with Crippen molar-refractivity contribution in [3.05, 3.63) is 52.1 Å². The van der Waals surface area contributed by atoms with Crippen molar-refractivity contribution in [1.29, 1.82) is 0 Å². The number of ether oxygens (including phenoxy) is 1. The fourth-order valence-corrected chi connectivity index (χ4v) is 1.26. The van der Waals surface area contributed by atoms with Gasteiger partial charge in [-0.2, -0.15) is 0 Å². The number of hydrogen-bond acceptors (Lipinski definition) is 6. The van der Waals surface area contributed by atoms with Crippen molar-refractivity contribution >= 4 is 12.0 Å². The Morgan fingerprint density at radius 3 is 2.58 bits per heavy atom. The van der Waals surface area contributed by atoms with Crippen LogP contribution in [0, 0.1) is 15.9 Å². The van der Waals surface area contributed by atoms with Crippen molar-refractivity contribution in [3.8, 4) is 11.8 Å². The van der Waals surface area contributed by atoms with Crippen LogP contribution in [-0.4, -0.2) is 21.2 Å². The maximum absolute atomic E-state index is 12.9. The molecule has 0 bridgehead atoms. The second kappa shape index (κ2) is 5.17. The highest BCUT2D eigenvalue weighted by molar-refractivity contribution is 5.73.